The summed E-state index contributed by atoms with van der Waals surface area (Å²) in [6.07, 6.45) is -2.76. The van der Waals surface area contributed by atoms with Gasteiger partial charge in [-0.2, -0.15) is 4.98 Å². The summed E-state index contributed by atoms with van der Waals surface area (Å²) >= 11 is 0. The first-order chi connectivity index (χ1) is 16.6. The standard InChI is InChI=1S/C25H34N4O6/c1-17(2)29(18(3)4)13-8-11-20(31)23(32)21(15-30)35-16-28-14-12-22(27-25(28)34)26-24(33)19-9-6-5-7-10-19/h5-7,9-10,12,14,17-18,20-21,23,30-32H,13,15-16H2,1-4H3,(H,26,27,33,34)/t20?,21-,23?/m1/s1. The second-order valence-electron chi connectivity index (χ2n) is 8.52. The van der Waals surface area contributed by atoms with Gasteiger partial charge in [0.15, 0.2) is 0 Å². The molecule has 2 unspecified atom stereocenters. The Morgan fingerprint density at radius 2 is 1.80 bits per heavy atom. The highest BCUT2D eigenvalue weighted by Crippen LogP contribution is 2.08. The third-order valence-electron chi connectivity index (χ3n) is 5.30. The molecule has 10 heteroatoms. The molecule has 4 N–H and O–H groups in total. The largest absolute Gasteiger partial charge is 0.394 e. The fourth-order valence-corrected chi connectivity index (χ4v) is 3.30. The highest BCUT2D eigenvalue weighted by molar-refractivity contribution is 6.03. The lowest BCUT2D eigenvalue weighted by Crippen LogP contribution is -2.42. The van der Waals surface area contributed by atoms with E-state index in [0.29, 0.717) is 12.1 Å². The number of nitrogens with one attached hydrogen (secondary N) is 1. The van der Waals surface area contributed by atoms with Gasteiger partial charge in [-0.15, -0.1) is 0 Å². The van der Waals surface area contributed by atoms with Crippen LogP contribution in [0.4, 0.5) is 5.82 Å². The Balaban J connectivity index is 1.95. The molecule has 10 nitrogen and oxygen atoms in total. The number of aliphatic hydroxyl groups is 3. The van der Waals surface area contributed by atoms with E-state index in [1.807, 2.05) is 27.7 Å². The molecule has 0 aliphatic rings. The predicted molar refractivity (Wildman–Crippen MR) is 132 cm³/mol. The molecule has 0 spiro atoms. The number of anilines is 1. The fraction of sp³-hybridized carbons (Fsp3) is 0.480. The predicted octanol–water partition coefficient (Wildman–Crippen LogP) is 0.675. The number of hydrogen-bond acceptors (Lipinski definition) is 8. The lowest BCUT2D eigenvalue weighted by atomic mass is 10.1. The van der Waals surface area contributed by atoms with E-state index in [1.165, 1.54) is 12.3 Å². The normalized spacial score (nSPS) is 13.9. The van der Waals surface area contributed by atoms with E-state index in [4.69, 9.17) is 4.74 Å². The minimum atomic E-state index is -1.49. The van der Waals surface area contributed by atoms with Gasteiger partial charge in [0.2, 0.25) is 0 Å². The van der Waals surface area contributed by atoms with Crippen LogP contribution in [0.1, 0.15) is 38.1 Å². The van der Waals surface area contributed by atoms with Crippen LogP contribution < -0.4 is 11.0 Å². The lowest BCUT2D eigenvalue weighted by molar-refractivity contribution is -0.113. The van der Waals surface area contributed by atoms with Crippen molar-refractivity contribution in [1.82, 2.24) is 14.5 Å². The second kappa shape index (κ2) is 13.7. The van der Waals surface area contributed by atoms with E-state index >= 15 is 0 Å². The van der Waals surface area contributed by atoms with E-state index < -0.39 is 36.5 Å². The first-order valence-corrected chi connectivity index (χ1v) is 11.4. The molecular formula is C25H34N4O6. The van der Waals surface area contributed by atoms with Gasteiger partial charge in [-0.1, -0.05) is 30.0 Å². The zero-order valence-corrected chi connectivity index (χ0v) is 20.5. The summed E-state index contributed by atoms with van der Waals surface area (Å²) in [5.74, 6) is 5.10. The molecular weight excluding hydrogens is 452 g/mol. The Hall–Kier alpha value is -3.07. The number of aliphatic hydroxyl groups excluding tert-OH is 3. The molecule has 0 radical (unpaired) electrons. The van der Waals surface area contributed by atoms with Gasteiger partial charge in [0.1, 0.15) is 30.9 Å². The summed E-state index contributed by atoms with van der Waals surface area (Å²) in [7, 11) is 0. The van der Waals surface area contributed by atoms with Gasteiger partial charge >= 0.3 is 5.69 Å². The van der Waals surface area contributed by atoms with E-state index in [-0.39, 0.29) is 24.6 Å². The number of carbonyl (C=O) groups excluding carboxylic acids is 1. The van der Waals surface area contributed by atoms with Crippen LogP contribution in [-0.2, 0) is 11.5 Å². The Labute approximate surface area is 205 Å². The Morgan fingerprint density at radius 3 is 2.37 bits per heavy atom. The zero-order chi connectivity index (χ0) is 26.0. The van der Waals surface area contributed by atoms with Crippen LogP contribution in [0.2, 0.25) is 0 Å². The van der Waals surface area contributed by atoms with Crippen molar-refractivity contribution in [2.45, 2.75) is 64.8 Å². The van der Waals surface area contributed by atoms with Crippen LogP contribution in [0.15, 0.2) is 47.4 Å². The van der Waals surface area contributed by atoms with Crippen molar-refractivity contribution in [2.75, 3.05) is 18.5 Å². The van der Waals surface area contributed by atoms with Gasteiger partial charge in [0.05, 0.1) is 13.2 Å². The summed E-state index contributed by atoms with van der Waals surface area (Å²) in [6.45, 7) is 7.66. The summed E-state index contributed by atoms with van der Waals surface area (Å²) in [4.78, 5) is 30.4. The zero-order valence-electron chi connectivity index (χ0n) is 20.5. The molecule has 2 rings (SSSR count). The molecule has 0 aliphatic carbocycles. The number of carbonyl (C=O) groups is 1. The number of aromatic nitrogens is 2. The van der Waals surface area contributed by atoms with Crippen LogP contribution in [0.25, 0.3) is 0 Å². The molecule has 2 aromatic rings. The number of hydrogen-bond donors (Lipinski definition) is 4. The topological polar surface area (TPSA) is 137 Å². The minimum Gasteiger partial charge on any atom is -0.394 e. The van der Waals surface area contributed by atoms with Crippen molar-refractivity contribution in [1.29, 1.82) is 0 Å². The fourth-order valence-electron chi connectivity index (χ4n) is 3.30. The van der Waals surface area contributed by atoms with Crippen molar-refractivity contribution < 1.29 is 24.9 Å². The highest BCUT2D eigenvalue weighted by Gasteiger charge is 2.26. The average Bonchev–Trinajstić information content (AvgIpc) is 2.83. The number of ether oxygens (including phenoxy) is 1. The average molecular weight is 487 g/mol. The SMILES string of the molecule is CC(C)N(CC#CC(O)C(O)[C@@H](CO)OCn1ccc(NC(=O)c2ccccc2)nc1=O)C(C)C. The Bertz CT molecular complexity index is 1050. The maximum absolute atomic E-state index is 12.3. The molecule has 3 atom stereocenters. The maximum atomic E-state index is 12.3. The molecule has 0 saturated heterocycles. The van der Waals surface area contributed by atoms with Crippen LogP contribution >= 0.6 is 0 Å². The van der Waals surface area contributed by atoms with E-state index in [9.17, 15) is 24.9 Å². The van der Waals surface area contributed by atoms with E-state index in [2.05, 4.69) is 27.0 Å². The summed E-state index contributed by atoms with van der Waals surface area (Å²) in [6, 6.07) is 10.4. The molecule has 1 aromatic heterocycles. The van der Waals surface area contributed by atoms with Gasteiger partial charge < -0.3 is 25.4 Å². The van der Waals surface area contributed by atoms with Crippen molar-refractivity contribution >= 4 is 11.7 Å². The number of amides is 1. The molecule has 190 valence electrons. The molecule has 1 heterocycles. The molecule has 0 aliphatic heterocycles. The van der Waals surface area contributed by atoms with E-state index in [1.54, 1.807) is 30.3 Å². The Morgan fingerprint density at radius 1 is 1.14 bits per heavy atom. The summed E-state index contributed by atoms with van der Waals surface area (Å²) in [5, 5.41) is 32.7. The summed E-state index contributed by atoms with van der Waals surface area (Å²) in [5.41, 5.74) is -0.283. The highest BCUT2D eigenvalue weighted by atomic mass is 16.5. The number of rotatable bonds is 11. The third kappa shape index (κ3) is 8.58. The quantitative estimate of drug-likeness (QED) is 0.340. The lowest BCUT2D eigenvalue weighted by Gasteiger charge is -2.28. The molecule has 0 fully saturated rings. The van der Waals surface area contributed by atoms with Gasteiger partial charge in [0.25, 0.3) is 5.91 Å². The van der Waals surface area contributed by atoms with Crippen molar-refractivity contribution in [3.05, 3.63) is 58.6 Å². The van der Waals surface area contributed by atoms with Crippen molar-refractivity contribution in [2.24, 2.45) is 0 Å². The summed E-state index contributed by atoms with van der Waals surface area (Å²) < 4.78 is 6.52. The van der Waals surface area contributed by atoms with Gasteiger partial charge in [-0.25, -0.2) is 4.79 Å². The third-order valence-corrected chi connectivity index (χ3v) is 5.30. The first-order valence-electron chi connectivity index (χ1n) is 11.4. The monoisotopic (exact) mass is 486 g/mol. The van der Waals surface area contributed by atoms with Crippen molar-refractivity contribution in [3.63, 3.8) is 0 Å². The van der Waals surface area contributed by atoms with Gasteiger partial charge in [0, 0.05) is 23.8 Å². The van der Waals surface area contributed by atoms with Crippen molar-refractivity contribution in [3.8, 4) is 11.8 Å². The van der Waals surface area contributed by atoms with Crippen LogP contribution in [-0.4, -0.2) is 79.2 Å². The molecule has 1 aromatic carbocycles. The number of benzene rings is 1. The van der Waals surface area contributed by atoms with E-state index in [0.717, 1.165) is 4.57 Å². The second-order valence-corrected chi connectivity index (χ2v) is 8.52. The maximum Gasteiger partial charge on any atom is 0.351 e. The molecule has 0 saturated carbocycles. The molecule has 0 bridgehead atoms. The van der Waals surface area contributed by atoms with Gasteiger partial charge in [-0.3, -0.25) is 14.3 Å². The van der Waals surface area contributed by atoms with Crippen LogP contribution in [0.3, 0.4) is 0 Å². The Kier molecular flexibility index (Phi) is 11.0. The molecule has 35 heavy (non-hydrogen) atoms. The molecule has 1 amide bonds. The van der Waals surface area contributed by atoms with Crippen LogP contribution in [0, 0.1) is 11.8 Å². The smallest absolute Gasteiger partial charge is 0.351 e. The number of nitrogens with zero attached hydrogens (tertiary/aromatic N) is 3. The van der Waals surface area contributed by atoms with Crippen LogP contribution in [0.5, 0.6) is 0 Å². The van der Waals surface area contributed by atoms with Gasteiger partial charge in [-0.05, 0) is 45.9 Å². The first kappa shape index (κ1) is 28.2. The minimum absolute atomic E-state index is 0.0707.